The SMILES string of the molecule is c1ccc(-c2ccc(-c3ccc(N(c4ccccc4)c4cccc(-c5ccc6c(c5)sc5ccc7sc(-c8cccc9c8oc8ccccc89)nc7c56)c4)cc3)cc2)cc1. The zero-order valence-corrected chi connectivity index (χ0v) is 33.9. The summed E-state index contributed by atoms with van der Waals surface area (Å²) < 4.78 is 10.1. The Labute approximate surface area is 354 Å². The van der Waals surface area contributed by atoms with Crippen molar-refractivity contribution in [3.63, 3.8) is 0 Å². The Morgan fingerprint density at radius 1 is 0.383 bits per heavy atom. The van der Waals surface area contributed by atoms with Gasteiger partial charge in [0.25, 0.3) is 0 Å². The second-order valence-electron chi connectivity index (χ2n) is 15.1. The molecule has 3 nitrogen and oxygen atoms in total. The minimum Gasteiger partial charge on any atom is -0.455 e. The van der Waals surface area contributed by atoms with Crippen LogP contribution in [0.5, 0.6) is 0 Å². The first kappa shape index (κ1) is 34.7. The Morgan fingerprint density at radius 3 is 1.77 bits per heavy atom. The van der Waals surface area contributed by atoms with Crippen LogP contribution in [0.4, 0.5) is 17.1 Å². The predicted molar refractivity (Wildman–Crippen MR) is 256 cm³/mol. The van der Waals surface area contributed by atoms with Crippen LogP contribution in [0.2, 0.25) is 0 Å². The smallest absolute Gasteiger partial charge is 0.145 e. The van der Waals surface area contributed by atoms with Crippen molar-refractivity contribution in [2.24, 2.45) is 0 Å². The summed E-state index contributed by atoms with van der Waals surface area (Å²) in [4.78, 5) is 7.66. The van der Waals surface area contributed by atoms with E-state index in [0.29, 0.717) is 0 Å². The normalized spacial score (nSPS) is 11.7. The highest BCUT2D eigenvalue weighted by atomic mass is 32.1. The molecule has 0 atom stereocenters. The molecule has 12 aromatic rings. The van der Waals surface area contributed by atoms with Crippen LogP contribution in [0, 0.1) is 0 Å². The van der Waals surface area contributed by atoms with Crippen molar-refractivity contribution in [3.8, 4) is 44.0 Å². The molecular formula is C55H34N2OS2. The second kappa shape index (κ2) is 14.2. The highest BCUT2D eigenvalue weighted by Gasteiger charge is 2.19. The number of furan rings is 1. The van der Waals surface area contributed by atoms with E-state index in [2.05, 4.69) is 199 Å². The van der Waals surface area contributed by atoms with Crippen molar-refractivity contribution in [1.29, 1.82) is 0 Å². The number of aromatic nitrogens is 1. The zero-order chi connectivity index (χ0) is 39.6. The molecule has 0 bridgehead atoms. The van der Waals surface area contributed by atoms with Gasteiger partial charge in [0.1, 0.15) is 16.2 Å². The summed E-state index contributed by atoms with van der Waals surface area (Å²) in [6.07, 6.45) is 0. The number of para-hydroxylation sites is 3. The summed E-state index contributed by atoms with van der Waals surface area (Å²) >= 11 is 3.57. The average molecular weight is 803 g/mol. The summed E-state index contributed by atoms with van der Waals surface area (Å²) in [5, 5.41) is 5.69. The summed E-state index contributed by atoms with van der Waals surface area (Å²) in [6.45, 7) is 0. The minimum absolute atomic E-state index is 0.892. The van der Waals surface area contributed by atoms with Crippen LogP contribution in [0.3, 0.4) is 0 Å². The molecule has 9 aromatic carbocycles. The Bertz CT molecular complexity index is 3530. The molecule has 0 aliphatic heterocycles. The third kappa shape index (κ3) is 5.90. The van der Waals surface area contributed by atoms with Crippen molar-refractivity contribution in [2.75, 3.05) is 4.90 Å². The minimum atomic E-state index is 0.892. The molecule has 0 saturated carbocycles. The number of benzene rings is 9. The van der Waals surface area contributed by atoms with Gasteiger partial charge in [-0.05, 0) is 100 Å². The molecule has 0 amide bonds. The number of hydrogen-bond acceptors (Lipinski definition) is 5. The number of thiazole rings is 1. The van der Waals surface area contributed by atoms with E-state index < -0.39 is 0 Å². The Kier molecular flexibility index (Phi) is 8.22. The molecule has 0 fully saturated rings. The largest absolute Gasteiger partial charge is 0.455 e. The monoisotopic (exact) mass is 802 g/mol. The summed E-state index contributed by atoms with van der Waals surface area (Å²) in [5.41, 5.74) is 14.4. The summed E-state index contributed by atoms with van der Waals surface area (Å²) in [6, 6.07) is 73.8. The molecule has 0 aliphatic rings. The van der Waals surface area contributed by atoms with E-state index in [4.69, 9.17) is 9.40 Å². The number of nitrogens with zero attached hydrogens (tertiary/aromatic N) is 2. The topological polar surface area (TPSA) is 29.3 Å². The molecule has 282 valence electrons. The maximum absolute atomic E-state index is 6.41. The van der Waals surface area contributed by atoms with Crippen LogP contribution in [0.15, 0.2) is 211 Å². The van der Waals surface area contributed by atoms with Gasteiger partial charge in [-0.1, -0.05) is 140 Å². The third-order valence-electron chi connectivity index (χ3n) is 11.5. The Hall–Kier alpha value is -7.31. The van der Waals surface area contributed by atoms with Gasteiger partial charge in [-0.15, -0.1) is 22.7 Å². The van der Waals surface area contributed by atoms with Gasteiger partial charge < -0.3 is 9.32 Å². The molecule has 60 heavy (non-hydrogen) atoms. The first-order chi connectivity index (χ1) is 29.7. The number of thiophene rings is 1. The number of rotatable bonds is 7. The third-order valence-corrected chi connectivity index (χ3v) is 13.7. The Morgan fingerprint density at radius 2 is 0.967 bits per heavy atom. The van der Waals surface area contributed by atoms with Crippen molar-refractivity contribution in [1.82, 2.24) is 4.98 Å². The van der Waals surface area contributed by atoms with Crippen LogP contribution in [-0.4, -0.2) is 4.98 Å². The molecule has 3 heterocycles. The fourth-order valence-electron chi connectivity index (χ4n) is 8.60. The van der Waals surface area contributed by atoms with Gasteiger partial charge in [-0.2, -0.15) is 0 Å². The molecular weight excluding hydrogens is 769 g/mol. The molecule has 0 radical (unpaired) electrons. The standard InChI is InChI=1S/C55H34N2OS2/c1-3-11-35(12-4-1)36-21-23-37(24-22-36)38-25-28-42(29-26-38)57(41-14-5-2-6-15-41)43-16-9-13-39(33-43)40-27-30-46-51(34-40)59-49-31-32-50-53(52(46)49)56-55(60-50)47-19-10-18-45-44-17-7-8-20-48(44)58-54(45)47/h1-34H. The molecule has 5 heteroatoms. The quantitative estimate of drug-likeness (QED) is 0.161. The Balaban J connectivity index is 0.890. The van der Waals surface area contributed by atoms with E-state index in [0.717, 1.165) is 55.1 Å². The van der Waals surface area contributed by atoms with E-state index >= 15 is 0 Å². The highest BCUT2D eigenvalue weighted by Crippen LogP contribution is 2.45. The van der Waals surface area contributed by atoms with Gasteiger partial charge >= 0.3 is 0 Å². The molecule has 0 spiro atoms. The average Bonchev–Trinajstić information content (AvgIpc) is 4.03. The molecule has 12 rings (SSSR count). The molecule has 0 unspecified atom stereocenters. The van der Waals surface area contributed by atoms with E-state index in [1.165, 1.54) is 58.3 Å². The van der Waals surface area contributed by atoms with Crippen LogP contribution in [0.25, 0.3) is 96.3 Å². The van der Waals surface area contributed by atoms with E-state index in [1.807, 2.05) is 23.5 Å². The maximum atomic E-state index is 6.41. The van der Waals surface area contributed by atoms with Crippen LogP contribution >= 0.6 is 22.7 Å². The number of fused-ring (bicyclic) bond motifs is 8. The van der Waals surface area contributed by atoms with E-state index in [1.54, 1.807) is 11.3 Å². The van der Waals surface area contributed by atoms with Gasteiger partial charge in [0, 0.05) is 48.0 Å². The van der Waals surface area contributed by atoms with Crippen LogP contribution in [0.1, 0.15) is 0 Å². The van der Waals surface area contributed by atoms with Gasteiger partial charge in [0.15, 0.2) is 0 Å². The van der Waals surface area contributed by atoms with Crippen molar-refractivity contribution < 1.29 is 4.42 Å². The lowest BCUT2D eigenvalue weighted by Gasteiger charge is -2.26. The van der Waals surface area contributed by atoms with E-state index in [9.17, 15) is 0 Å². The summed E-state index contributed by atoms with van der Waals surface area (Å²) in [5.74, 6) is 0. The molecule has 3 aromatic heterocycles. The highest BCUT2D eigenvalue weighted by molar-refractivity contribution is 7.26. The first-order valence-corrected chi connectivity index (χ1v) is 21.7. The van der Waals surface area contributed by atoms with Crippen molar-refractivity contribution >= 4 is 92.1 Å². The second-order valence-corrected chi connectivity index (χ2v) is 17.2. The van der Waals surface area contributed by atoms with Crippen molar-refractivity contribution in [3.05, 3.63) is 206 Å². The first-order valence-electron chi connectivity index (χ1n) is 20.1. The van der Waals surface area contributed by atoms with Gasteiger partial charge in [-0.25, -0.2) is 4.98 Å². The lowest BCUT2D eigenvalue weighted by Crippen LogP contribution is -2.09. The molecule has 0 aliphatic carbocycles. The van der Waals surface area contributed by atoms with Gasteiger partial charge in [0.05, 0.1) is 15.8 Å². The zero-order valence-electron chi connectivity index (χ0n) is 32.2. The molecule has 0 N–H and O–H groups in total. The number of hydrogen-bond donors (Lipinski definition) is 0. The fraction of sp³-hybridized carbons (Fsp3) is 0. The van der Waals surface area contributed by atoms with Crippen molar-refractivity contribution in [2.45, 2.75) is 0 Å². The van der Waals surface area contributed by atoms with E-state index in [-0.39, 0.29) is 0 Å². The van der Waals surface area contributed by atoms with Crippen LogP contribution < -0.4 is 4.90 Å². The fourth-order valence-corrected chi connectivity index (χ4v) is 10.7. The predicted octanol–water partition coefficient (Wildman–Crippen LogP) is 16.7. The number of anilines is 3. The van der Waals surface area contributed by atoms with Crippen LogP contribution in [-0.2, 0) is 0 Å². The molecule has 0 saturated heterocycles. The maximum Gasteiger partial charge on any atom is 0.145 e. The lowest BCUT2D eigenvalue weighted by atomic mass is 10.00. The van der Waals surface area contributed by atoms with Gasteiger partial charge in [-0.3, -0.25) is 0 Å². The van der Waals surface area contributed by atoms with Gasteiger partial charge in [0.2, 0.25) is 0 Å². The summed E-state index contributed by atoms with van der Waals surface area (Å²) in [7, 11) is 0. The lowest BCUT2D eigenvalue weighted by molar-refractivity contribution is 0.670.